The van der Waals surface area contributed by atoms with Gasteiger partial charge in [0.05, 0.1) is 24.3 Å². The molecule has 0 spiro atoms. The highest BCUT2D eigenvalue weighted by molar-refractivity contribution is 6.31. The van der Waals surface area contributed by atoms with Crippen LogP contribution in [-0.4, -0.2) is 13.0 Å². The molecule has 4 nitrogen and oxygen atoms in total. The summed E-state index contributed by atoms with van der Waals surface area (Å²) < 4.78 is 5.16. The topological polar surface area (TPSA) is 62.1 Å². The van der Waals surface area contributed by atoms with E-state index in [-0.39, 0.29) is 5.91 Å². The van der Waals surface area contributed by atoms with Gasteiger partial charge in [0.25, 0.3) is 5.91 Å². The van der Waals surface area contributed by atoms with Crippen LogP contribution in [-0.2, 0) is 0 Å². The van der Waals surface area contributed by atoms with Gasteiger partial charge in [0.2, 0.25) is 0 Å². The molecule has 0 heterocycles. The van der Waals surface area contributed by atoms with Crippen molar-refractivity contribution >= 4 is 23.2 Å². The molecule has 0 atom stereocenters. The van der Waals surface area contributed by atoms with E-state index in [1.54, 1.807) is 36.4 Å². The predicted molar refractivity (Wildman–Crippen MR) is 81.9 cm³/mol. The normalized spacial score (nSPS) is 9.81. The molecule has 2 rings (SSSR count). The molecule has 0 aliphatic carbocycles. The van der Waals surface area contributed by atoms with Gasteiger partial charge in [-0.2, -0.15) is 5.26 Å². The van der Waals surface area contributed by atoms with Gasteiger partial charge >= 0.3 is 0 Å². The van der Waals surface area contributed by atoms with Gasteiger partial charge < -0.3 is 10.1 Å². The summed E-state index contributed by atoms with van der Waals surface area (Å²) in [6.45, 7) is 1.85. The fourth-order valence-corrected chi connectivity index (χ4v) is 2.05. The monoisotopic (exact) mass is 300 g/mol. The molecular formula is C16H13ClN2O2. The summed E-state index contributed by atoms with van der Waals surface area (Å²) >= 11 is 5.92. The Morgan fingerprint density at radius 1 is 1.29 bits per heavy atom. The summed E-state index contributed by atoms with van der Waals surface area (Å²) in [4.78, 5) is 12.4. The third-order valence-corrected chi connectivity index (χ3v) is 3.26. The Morgan fingerprint density at radius 2 is 2.05 bits per heavy atom. The zero-order valence-corrected chi connectivity index (χ0v) is 12.4. The number of nitriles is 1. The Balaban J connectivity index is 2.35. The van der Waals surface area contributed by atoms with E-state index in [0.717, 1.165) is 5.56 Å². The average Bonchev–Trinajstić information content (AvgIpc) is 2.49. The summed E-state index contributed by atoms with van der Waals surface area (Å²) in [6, 6.07) is 12.0. The van der Waals surface area contributed by atoms with Gasteiger partial charge in [-0.1, -0.05) is 17.7 Å². The van der Waals surface area contributed by atoms with Gasteiger partial charge in [-0.05, 0) is 42.8 Å². The number of anilines is 1. The fourth-order valence-electron chi connectivity index (χ4n) is 1.87. The zero-order valence-electron chi connectivity index (χ0n) is 11.6. The first-order chi connectivity index (χ1) is 10.0. The van der Waals surface area contributed by atoms with E-state index < -0.39 is 0 Å². The number of carbonyl (C=O) groups excluding carboxylic acids is 1. The number of methoxy groups -OCH3 is 1. The minimum absolute atomic E-state index is 0.340. The van der Waals surface area contributed by atoms with Crippen molar-refractivity contribution < 1.29 is 9.53 Å². The molecule has 5 heteroatoms. The van der Waals surface area contributed by atoms with E-state index in [1.807, 2.05) is 13.0 Å². The molecule has 106 valence electrons. The van der Waals surface area contributed by atoms with Gasteiger partial charge in [-0.15, -0.1) is 0 Å². The third-order valence-electron chi connectivity index (χ3n) is 3.02. The maximum atomic E-state index is 12.4. The van der Waals surface area contributed by atoms with Crippen molar-refractivity contribution in [2.75, 3.05) is 12.4 Å². The molecule has 0 radical (unpaired) electrons. The van der Waals surface area contributed by atoms with Crippen molar-refractivity contribution in [3.05, 3.63) is 58.1 Å². The molecule has 2 aromatic carbocycles. The van der Waals surface area contributed by atoms with E-state index in [0.29, 0.717) is 27.6 Å². The molecule has 0 unspecified atom stereocenters. The predicted octanol–water partition coefficient (Wildman–Crippen LogP) is 3.78. The fraction of sp³-hybridized carbons (Fsp3) is 0.125. The van der Waals surface area contributed by atoms with Crippen LogP contribution >= 0.6 is 11.6 Å². The van der Waals surface area contributed by atoms with Crippen molar-refractivity contribution in [3.63, 3.8) is 0 Å². The lowest BCUT2D eigenvalue weighted by atomic mass is 10.1. The number of aryl methyl sites for hydroxylation is 1. The van der Waals surface area contributed by atoms with Gasteiger partial charge in [0.1, 0.15) is 5.75 Å². The number of hydrogen-bond acceptors (Lipinski definition) is 3. The summed E-state index contributed by atoms with van der Waals surface area (Å²) in [7, 11) is 1.49. The number of benzene rings is 2. The number of rotatable bonds is 3. The number of nitrogens with zero attached hydrogens (tertiary/aromatic N) is 1. The molecule has 2 aromatic rings. The van der Waals surface area contributed by atoms with Crippen molar-refractivity contribution in [1.82, 2.24) is 0 Å². The van der Waals surface area contributed by atoms with E-state index in [9.17, 15) is 4.79 Å². The summed E-state index contributed by atoms with van der Waals surface area (Å²) in [5, 5.41) is 12.1. The maximum absolute atomic E-state index is 12.4. The van der Waals surface area contributed by atoms with Crippen LogP contribution in [0.4, 0.5) is 5.69 Å². The summed E-state index contributed by atoms with van der Waals surface area (Å²) in [5.41, 5.74) is 2.27. The molecule has 1 N–H and O–H groups in total. The van der Waals surface area contributed by atoms with Gasteiger partial charge in [0, 0.05) is 10.7 Å². The molecule has 21 heavy (non-hydrogen) atoms. The lowest BCUT2D eigenvalue weighted by Gasteiger charge is -2.11. The van der Waals surface area contributed by atoms with E-state index in [1.165, 1.54) is 7.11 Å². The second-order valence-electron chi connectivity index (χ2n) is 4.44. The average molecular weight is 301 g/mol. The first-order valence-corrected chi connectivity index (χ1v) is 6.58. The van der Waals surface area contributed by atoms with Crippen molar-refractivity contribution in [2.24, 2.45) is 0 Å². The zero-order chi connectivity index (χ0) is 15.4. The Hall–Kier alpha value is -2.51. The molecule has 1 amide bonds. The van der Waals surface area contributed by atoms with Crippen LogP contribution in [0.25, 0.3) is 0 Å². The van der Waals surface area contributed by atoms with Crippen LogP contribution in [0, 0.1) is 18.3 Å². The number of ether oxygens (including phenoxy) is 1. The van der Waals surface area contributed by atoms with Crippen molar-refractivity contribution in [3.8, 4) is 11.8 Å². The lowest BCUT2D eigenvalue weighted by molar-refractivity contribution is 0.102. The van der Waals surface area contributed by atoms with E-state index >= 15 is 0 Å². The summed E-state index contributed by atoms with van der Waals surface area (Å²) in [5.74, 6) is 0.0959. The second kappa shape index (κ2) is 6.29. The quantitative estimate of drug-likeness (QED) is 0.938. The molecule has 0 aliphatic heterocycles. The van der Waals surface area contributed by atoms with E-state index in [2.05, 4.69) is 5.32 Å². The minimum Gasteiger partial charge on any atom is -0.496 e. The van der Waals surface area contributed by atoms with Crippen LogP contribution in [0.15, 0.2) is 36.4 Å². The Bertz CT molecular complexity index is 736. The largest absolute Gasteiger partial charge is 0.496 e. The van der Waals surface area contributed by atoms with E-state index in [4.69, 9.17) is 21.6 Å². The molecule has 0 aromatic heterocycles. The number of nitrogens with one attached hydrogen (secondary N) is 1. The SMILES string of the molecule is COc1ccc(Cl)cc1C(=O)Nc1cc(C#N)ccc1C. The first-order valence-electron chi connectivity index (χ1n) is 6.21. The van der Waals surface area contributed by atoms with Crippen molar-refractivity contribution in [2.45, 2.75) is 6.92 Å². The van der Waals surface area contributed by atoms with Gasteiger partial charge in [-0.3, -0.25) is 4.79 Å². The Labute approximate surface area is 127 Å². The van der Waals surface area contributed by atoms with Gasteiger partial charge in [-0.25, -0.2) is 0 Å². The highest BCUT2D eigenvalue weighted by Crippen LogP contribution is 2.24. The summed E-state index contributed by atoms with van der Waals surface area (Å²) in [6.07, 6.45) is 0. The molecular weight excluding hydrogens is 288 g/mol. The maximum Gasteiger partial charge on any atom is 0.259 e. The first kappa shape index (κ1) is 14.9. The van der Waals surface area contributed by atoms with Crippen LogP contribution < -0.4 is 10.1 Å². The number of hydrogen-bond donors (Lipinski definition) is 1. The lowest BCUT2D eigenvalue weighted by Crippen LogP contribution is -2.14. The molecule has 0 bridgehead atoms. The molecule has 0 saturated carbocycles. The second-order valence-corrected chi connectivity index (χ2v) is 4.88. The van der Waals surface area contributed by atoms with Gasteiger partial charge in [0.15, 0.2) is 0 Å². The van der Waals surface area contributed by atoms with Crippen LogP contribution in [0.5, 0.6) is 5.75 Å². The molecule has 0 saturated heterocycles. The number of amides is 1. The van der Waals surface area contributed by atoms with Crippen molar-refractivity contribution in [1.29, 1.82) is 5.26 Å². The Kier molecular flexibility index (Phi) is 4.46. The van der Waals surface area contributed by atoms with Crippen LogP contribution in [0.2, 0.25) is 5.02 Å². The Morgan fingerprint density at radius 3 is 2.71 bits per heavy atom. The molecule has 0 aliphatic rings. The number of halogens is 1. The third kappa shape index (κ3) is 3.33. The smallest absolute Gasteiger partial charge is 0.259 e. The highest BCUT2D eigenvalue weighted by atomic mass is 35.5. The van der Waals surface area contributed by atoms with Crippen LogP contribution in [0.3, 0.4) is 0 Å². The highest BCUT2D eigenvalue weighted by Gasteiger charge is 2.14. The minimum atomic E-state index is -0.340. The molecule has 0 fully saturated rings. The number of carbonyl (C=O) groups is 1. The van der Waals surface area contributed by atoms with Crippen LogP contribution in [0.1, 0.15) is 21.5 Å². The standard InChI is InChI=1S/C16H13ClN2O2/c1-10-3-4-11(9-18)7-14(10)19-16(20)13-8-12(17)5-6-15(13)21-2/h3-8H,1-2H3,(H,19,20).